The minimum absolute atomic E-state index is 0.168. The second-order valence-electron chi connectivity index (χ2n) is 7.54. The van der Waals surface area contributed by atoms with E-state index >= 15 is 0 Å². The molecule has 0 bridgehead atoms. The Labute approximate surface area is 187 Å². The van der Waals surface area contributed by atoms with Gasteiger partial charge in [0.2, 0.25) is 17.6 Å². The van der Waals surface area contributed by atoms with Crippen molar-refractivity contribution in [3.05, 3.63) is 53.9 Å². The van der Waals surface area contributed by atoms with Crippen molar-refractivity contribution in [1.82, 2.24) is 10.1 Å². The van der Waals surface area contributed by atoms with Crippen LogP contribution >= 0.6 is 0 Å². The zero-order valence-corrected chi connectivity index (χ0v) is 18.9. The van der Waals surface area contributed by atoms with Gasteiger partial charge in [-0.05, 0) is 23.6 Å². The molecule has 1 heterocycles. The maximum atomic E-state index is 12.4. The van der Waals surface area contributed by atoms with Crippen LogP contribution < -0.4 is 14.8 Å². The van der Waals surface area contributed by atoms with Gasteiger partial charge in [0, 0.05) is 37.3 Å². The van der Waals surface area contributed by atoms with Gasteiger partial charge in [-0.15, -0.1) is 0 Å². The van der Waals surface area contributed by atoms with E-state index in [1.807, 2.05) is 12.1 Å². The van der Waals surface area contributed by atoms with Crippen LogP contribution in [0.25, 0.3) is 11.4 Å². The van der Waals surface area contributed by atoms with Gasteiger partial charge in [0.15, 0.2) is 11.5 Å². The Morgan fingerprint density at radius 3 is 2.53 bits per heavy atom. The van der Waals surface area contributed by atoms with Gasteiger partial charge in [-0.3, -0.25) is 4.79 Å². The molecule has 1 aromatic heterocycles. The van der Waals surface area contributed by atoms with Crippen molar-refractivity contribution in [2.45, 2.75) is 32.6 Å². The largest absolute Gasteiger partial charge is 0.493 e. The minimum atomic E-state index is -0.168. The molecule has 2 aromatic carbocycles. The highest BCUT2D eigenvalue weighted by molar-refractivity contribution is 5.91. The van der Waals surface area contributed by atoms with Crippen molar-refractivity contribution < 1.29 is 23.5 Å². The molecule has 0 aliphatic rings. The summed E-state index contributed by atoms with van der Waals surface area (Å²) >= 11 is 0. The van der Waals surface area contributed by atoms with Crippen molar-refractivity contribution in [2.24, 2.45) is 0 Å². The number of hydrogen-bond acceptors (Lipinski definition) is 7. The van der Waals surface area contributed by atoms with Crippen molar-refractivity contribution >= 4 is 11.6 Å². The standard InChI is InChI=1S/C24H29N3O5/c1-16(2)17-5-7-18(8-6-17)24-26-23(32-27-24)12-11-22(28)25-19-9-10-20(30-4)21(15-19)31-14-13-29-3/h5-10,15-16H,11-14H2,1-4H3,(H,25,28). The van der Waals surface area contributed by atoms with Gasteiger partial charge in [0.05, 0.1) is 13.7 Å². The lowest BCUT2D eigenvalue weighted by Crippen LogP contribution is -2.13. The fourth-order valence-electron chi connectivity index (χ4n) is 3.04. The average Bonchev–Trinajstić information content (AvgIpc) is 3.27. The van der Waals surface area contributed by atoms with Crippen molar-refractivity contribution in [1.29, 1.82) is 0 Å². The van der Waals surface area contributed by atoms with Crippen LogP contribution in [0.3, 0.4) is 0 Å². The summed E-state index contributed by atoms with van der Waals surface area (Å²) in [7, 11) is 3.17. The van der Waals surface area contributed by atoms with E-state index in [2.05, 4.69) is 41.4 Å². The van der Waals surface area contributed by atoms with Gasteiger partial charge in [-0.1, -0.05) is 43.3 Å². The lowest BCUT2D eigenvalue weighted by Gasteiger charge is -2.12. The number of hydrogen-bond donors (Lipinski definition) is 1. The Morgan fingerprint density at radius 1 is 1.06 bits per heavy atom. The SMILES string of the molecule is COCCOc1cc(NC(=O)CCc2nc(-c3ccc(C(C)C)cc3)no2)ccc1OC. The number of nitrogens with zero attached hydrogens (tertiary/aromatic N) is 2. The van der Waals surface area contributed by atoms with Crippen LogP contribution in [0.2, 0.25) is 0 Å². The number of nitrogens with one attached hydrogen (secondary N) is 1. The van der Waals surface area contributed by atoms with Crippen LogP contribution in [0.4, 0.5) is 5.69 Å². The number of aromatic nitrogens is 2. The summed E-state index contributed by atoms with van der Waals surface area (Å²) in [6.07, 6.45) is 0.552. The van der Waals surface area contributed by atoms with Crippen LogP contribution in [0.15, 0.2) is 47.0 Å². The molecule has 0 aliphatic carbocycles. The van der Waals surface area contributed by atoms with E-state index in [0.29, 0.717) is 54.5 Å². The molecular weight excluding hydrogens is 410 g/mol. The van der Waals surface area contributed by atoms with Gasteiger partial charge in [-0.25, -0.2) is 0 Å². The molecular formula is C24H29N3O5. The molecule has 0 fully saturated rings. The third-order valence-electron chi connectivity index (χ3n) is 4.86. The molecule has 8 heteroatoms. The van der Waals surface area contributed by atoms with E-state index in [1.165, 1.54) is 5.56 Å². The van der Waals surface area contributed by atoms with E-state index in [-0.39, 0.29) is 12.3 Å². The molecule has 170 valence electrons. The fraction of sp³-hybridized carbons (Fsp3) is 0.375. The van der Waals surface area contributed by atoms with Crippen LogP contribution in [0, 0.1) is 0 Å². The monoisotopic (exact) mass is 439 g/mol. The van der Waals surface area contributed by atoms with Gasteiger partial charge in [0.25, 0.3) is 0 Å². The maximum Gasteiger partial charge on any atom is 0.227 e. The summed E-state index contributed by atoms with van der Waals surface area (Å²) in [5.74, 6) is 2.34. The molecule has 1 N–H and O–H groups in total. The van der Waals surface area contributed by atoms with Crippen LogP contribution in [0.5, 0.6) is 11.5 Å². The predicted octanol–water partition coefficient (Wildman–Crippen LogP) is 4.47. The topological polar surface area (TPSA) is 95.7 Å². The third kappa shape index (κ3) is 6.31. The van der Waals surface area contributed by atoms with Crippen molar-refractivity contribution in [3.63, 3.8) is 0 Å². The summed E-state index contributed by atoms with van der Waals surface area (Å²) in [6.45, 7) is 5.12. The zero-order valence-electron chi connectivity index (χ0n) is 18.9. The summed E-state index contributed by atoms with van der Waals surface area (Å²) in [5.41, 5.74) is 2.74. The second-order valence-corrected chi connectivity index (χ2v) is 7.54. The number of rotatable bonds is 11. The number of carbonyl (C=O) groups is 1. The van der Waals surface area contributed by atoms with E-state index in [9.17, 15) is 4.79 Å². The van der Waals surface area contributed by atoms with Crippen molar-refractivity contribution in [3.8, 4) is 22.9 Å². The highest BCUT2D eigenvalue weighted by Crippen LogP contribution is 2.30. The molecule has 3 rings (SSSR count). The van der Waals surface area contributed by atoms with E-state index < -0.39 is 0 Å². The molecule has 0 spiro atoms. The Morgan fingerprint density at radius 2 is 1.84 bits per heavy atom. The molecule has 1 amide bonds. The molecule has 0 radical (unpaired) electrons. The molecule has 0 saturated carbocycles. The molecule has 3 aromatic rings. The Hall–Kier alpha value is -3.39. The van der Waals surface area contributed by atoms with E-state index in [4.69, 9.17) is 18.7 Å². The summed E-state index contributed by atoms with van der Waals surface area (Å²) in [4.78, 5) is 16.8. The van der Waals surface area contributed by atoms with Gasteiger partial charge in [0.1, 0.15) is 6.61 Å². The average molecular weight is 440 g/mol. The normalized spacial score (nSPS) is 10.9. The number of carbonyl (C=O) groups excluding carboxylic acids is 1. The molecule has 0 unspecified atom stereocenters. The molecule has 0 atom stereocenters. The van der Waals surface area contributed by atoms with Gasteiger partial charge in [-0.2, -0.15) is 4.98 Å². The lowest BCUT2D eigenvalue weighted by molar-refractivity contribution is -0.116. The van der Waals surface area contributed by atoms with Crippen LogP contribution in [0.1, 0.15) is 37.6 Å². The number of aryl methyl sites for hydroxylation is 1. The number of ether oxygens (including phenoxy) is 3. The first-order valence-electron chi connectivity index (χ1n) is 10.5. The molecule has 8 nitrogen and oxygen atoms in total. The van der Waals surface area contributed by atoms with Crippen LogP contribution in [-0.2, 0) is 16.0 Å². The Kier molecular flexibility index (Phi) is 8.21. The summed E-state index contributed by atoms with van der Waals surface area (Å²) in [5, 5.41) is 6.88. The predicted molar refractivity (Wildman–Crippen MR) is 121 cm³/mol. The summed E-state index contributed by atoms with van der Waals surface area (Å²) in [6, 6.07) is 13.3. The lowest BCUT2D eigenvalue weighted by atomic mass is 10.0. The zero-order chi connectivity index (χ0) is 22.9. The van der Waals surface area contributed by atoms with Gasteiger partial charge >= 0.3 is 0 Å². The van der Waals surface area contributed by atoms with Gasteiger partial charge < -0.3 is 24.1 Å². The quantitative estimate of drug-likeness (QED) is 0.441. The highest BCUT2D eigenvalue weighted by atomic mass is 16.5. The Bertz CT molecular complexity index is 1010. The number of amides is 1. The first-order valence-corrected chi connectivity index (χ1v) is 10.5. The Balaban J connectivity index is 1.55. The third-order valence-corrected chi connectivity index (χ3v) is 4.86. The van der Waals surface area contributed by atoms with E-state index in [0.717, 1.165) is 5.56 Å². The molecule has 32 heavy (non-hydrogen) atoms. The molecule has 0 saturated heterocycles. The fourth-order valence-corrected chi connectivity index (χ4v) is 3.04. The number of methoxy groups -OCH3 is 2. The highest BCUT2D eigenvalue weighted by Gasteiger charge is 2.13. The maximum absolute atomic E-state index is 12.4. The molecule has 0 aliphatic heterocycles. The van der Waals surface area contributed by atoms with Crippen molar-refractivity contribution in [2.75, 3.05) is 32.8 Å². The first kappa shape index (κ1) is 23.3. The van der Waals surface area contributed by atoms with E-state index in [1.54, 1.807) is 32.4 Å². The number of benzene rings is 2. The number of anilines is 1. The smallest absolute Gasteiger partial charge is 0.227 e. The van der Waals surface area contributed by atoms with Crippen LogP contribution in [-0.4, -0.2) is 43.5 Å². The first-order chi connectivity index (χ1) is 15.5. The second kappa shape index (κ2) is 11.3. The minimum Gasteiger partial charge on any atom is -0.493 e. The summed E-state index contributed by atoms with van der Waals surface area (Å²) < 4.78 is 21.2.